The average Bonchev–Trinajstić information content (AvgIpc) is 3.17. The van der Waals surface area contributed by atoms with Crippen LogP contribution in [0, 0.1) is 18.6 Å². The van der Waals surface area contributed by atoms with Gasteiger partial charge in [0.2, 0.25) is 5.91 Å². The molecular weight excluding hydrogens is 428 g/mol. The molecule has 0 fully saturated rings. The second-order valence-corrected chi connectivity index (χ2v) is 8.33. The van der Waals surface area contributed by atoms with Gasteiger partial charge >= 0.3 is 0 Å². The number of amides is 1. The first kappa shape index (κ1) is 20.2. The van der Waals surface area contributed by atoms with E-state index in [9.17, 15) is 18.4 Å². The Labute approximate surface area is 178 Å². The lowest BCUT2D eigenvalue weighted by Gasteiger charge is -2.13. The van der Waals surface area contributed by atoms with Crippen molar-refractivity contribution in [3.63, 3.8) is 0 Å². The van der Waals surface area contributed by atoms with E-state index in [-0.39, 0.29) is 17.0 Å². The second kappa shape index (κ2) is 8.37. The molecule has 0 atom stereocenters. The molecule has 4 aromatic rings. The highest BCUT2D eigenvalue weighted by atomic mass is 32.2. The Morgan fingerprint density at radius 2 is 2.03 bits per heavy atom. The maximum absolute atomic E-state index is 13.8. The van der Waals surface area contributed by atoms with Crippen LogP contribution in [0.2, 0.25) is 0 Å². The number of hydrogen-bond donors (Lipinski definition) is 1. The zero-order valence-corrected chi connectivity index (χ0v) is 17.3. The predicted molar refractivity (Wildman–Crippen MR) is 116 cm³/mol. The minimum Gasteiger partial charge on any atom is -0.323 e. The Hall–Kier alpha value is -3.04. The molecule has 0 aliphatic rings. The molecule has 1 amide bonds. The van der Waals surface area contributed by atoms with Crippen molar-refractivity contribution in [1.82, 2.24) is 9.55 Å². The number of aromatic nitrogens is 2. The smallest absolute Gasteiger partial charge is 0.276 e. The fourth-order valence-electron chi connectivity index (χ4n) is 2.89. The molecule has 4 rings (SSSR count). The summed E-state index contributed by atoms with van der Waals surface area (Å²) in [6, 6.07) is 12.1. The number of benzene rings is 2. The van der Waals surface area contributed by atoms with E-state index in [1.807, 2.05) is 25.1 Å². The van der Waals surface area contributed by atoms with Crippen LogP contribution < -0.4 is 10.9 Å². The summed E-state index contributed by atoms with van der Waals surface area (Å²) in [6.45, 7) is 1.92. The van der Waals surface area contributed by atoms with Gasteiger partial charge in [0.25, 0.3) is 5.56 Å². The van der Waals surface area contributed by atoms with Crippen molar-refractivity contribution in [1.29, 1.82) is 0 Å². The number of hydrogen-bond acceptors (Lipinski definition) is 5. The summed E-state index contributed by atoms with van der Waals surface area (Å²) >= 11 is 2.37. The molecule has 0 spiro atoms. The van der Waals surface area contributed by atoms with Gasteiger partial charge in [-0.25, -0.2) is 13.8 Å². The number of anilines is 1. The highest BCUT2D eigenvalue weighted by Gasteiger charge is 2.16. The Morgan fingerprint density at radius 1 is 1.20 bits per heavy atom. The van der Waals surface area contributed by atoms with Crippen molar-refractivity contribution in [2.24, 2.45) is 0 Å². The lowest BCUT2D eigenvalue weighted by Crippen LogP contribution is -2.22. The molecule has 0 bridgehead atoms. The van der Waals surface area contributed by atoms with Crippen LogP contribution in [0.3, 0.4) is 0 Å². The number of nitrogens with zero attached hydrogens (tertiary/aromatic N) is 2. The molecule has 0 saturated heterocycles. The molecule has 0 saturated carbocycles. The third-order valence-corrected chi connectivity index (χ3v) is 6.08. The van der Waals surface area contributed by atoms with Crippen molar-refractivity contribution in [3.05, 3.63) is 81.5 Å². The summed E-state index contributed by atoms with van der Waals surface area (Å²) in [6.07, 6.45) is 0. The molecule has 0 aliphatic heterocycles. The molecule has 0 unspecified atom stereocenters. The van der Waals surface area contributed by atoms with Gasteiger partial charge in [0.15, 0.2) is 5.16 Å². The zero-order chi connectivity index (χ0) is 21.3. The maximum atomic E-state index is 13.8. The first-order valence-electron chi connectivity index (χ1n) is 8.87. The molecule has 152 valence electrons. The Kier molecular flexibility index (Phi) is 5.65. The number of carbonyl (C=O) groups excluding carboxylic acids is 1. The van der Waals surface area contributed by atoms with E-state index in [0.717, 1.165) is 29.5 Å². The minimum absolute atomic E-state index is 0.106. The minimum atomic E-state index is -0.858. The van der Waals surface area contributed by atoms with Crippen molar-refractivity contribution in [2.75, 3.05) is 11.1 Å². The normalized spacial score (nSPS) is 11.0. The summed E-state index contributed by atoms with van der Waals surface area (Å²) in [5.41, 5.74) is 1.86. The Balaban J connectivity index is 1.64. The van der Waals surface area contributed by atoms with Crippen molar-refractivity contribution in [2.45, 2.75) is 12.1 Å². The molecule has 0 aliphatic carbocycles. The molecular formula is C21H15F2N3O2S2. The number of nitrogens with one attached hydrogen (secondary N) is 1. The topological polar surface area (TPSA) is 64.0 Å². The predicted octanol–water partition coefficient (Wildman–Crippen LogP) is 4.76. The summed E-state index contributed by atoms with van der Waals surface area (Å²) in [5.74, 6) is -2.19. The molecule has 0 radical (unpaired) electrons. The van der Waals surface area contributed by atoms with Crippen LogP contribution >= 0.6 is 23.1 Å². The monoisotopic (exact) mass is 443 g/mol. The highest BCUT2D eigenvalue weighted by Crippen LogP contribution is 2.24. The van der Waals surface area contributed by atoms with Gasteiger partial charge in [-0.3, -0.25) is 14.2 Å². The number of carbonyl (C=O) groups is 1. The van der Waals surface area contributed by atoms with Gasteiger partial charge in [-0.2, -0.15) is 0 Å². The fraction of sp³-hybridized carbons (Fsp3) is 0.0952. The van der Waals surface area contributed by atoms with Crippen molar-refractivity contribution < 1.29 is 13.6 Å². The van der Waals surface area contributed by atoms with E-state index >= 15 is 0 Å². The average molecular weight is 444 g/mol. The van der Waals surface area contributed by atoms with Gasteiger partial charge in [-0.15, -0.1) is 11.3 Å². The van der Waals surface area contributed by atoms with E-state index in [0.29, 0.717) is 27.1 Å². The summed E-state index contributed by atoms with van der Waals surface area (Å²) in [7, 11) is 0. The molecule has 2 aromatic heterocycles. The number of fused-ring (bicyclic) bond motifs is 1. The number of rotatable bonds is 5. The lowest BCUT2D eigenvalue weighted by atomic mass is 10.2. The number of halogens is 2. The van der Waals surface area contributed by atoms with Gasteiger partial charge in [-0.05, 0) is 48.2 Å². The zero-order valence-electron chi connectivity index (χ0n) is 15.7. The molecule has 1 N–H and O–H groups in total. The van der Waals surface area contributed by atoms with Crippen LogP contribution in [0.15, 0.2) is 63.9 Å². The first-order chi connectivity index (χ1) is 14.4. The van der Waals surface area contributed by atoms with Gasteiger partial charge in [-0.1, -0.05) is 23.9 Å². The molecule has 9 heteroatoms. The van der Waals surface area contributed by atoms with Crippen LogP contribution in [-0.4, -0.2) is 21.2 Å². The number of thiophene rings is 1. The fourth-order valence-corrected chi connectivity index (χ4v) is 4.46. The van der Waals surface area contributed by atoms with Crippen LogP contribution in [0.1, 0.15) is 5.56 Å². The third-order valence-electron chi connectivity index (χ3n) is 4.25. The summed E-state index contributed by atoms with van der Waals surface area (Å²) in [5, 5.41) is 4.55. The van der Waals surface area contributed by atoms with Gasteiger partial charge in [0.05, 0.1) is 22.6 Å². The van der Waals surface area contributed by atoms with E-state index in [1.54, 1.807) is 17.5 Å². The van der Waals surface area contributed by atoms with Crippen LogP contribution in [0.4, 0.5) is 14.5 Å². The molecule has 2 aromatic carbocycles. The summed E-state index contributed by atoms with van der Waals surface area (Å²) < 4.78 is 28.8. The van der Waals surface area contributed by atoms with Crippen LogP contribution in [0.25, 0.3) is 15.9 Å². The van der Waals surface area contributed by atoms with Crippen molar-refractivity contribution in [3.8, 4) is 5.69 Å². The van der Waals surface area contributed by atoms with Crippen LogP contribution in [-0.2, 0) is 4.79 Å². The largest absolute Gasteiger partial charge is 0.323 e. The number of thioether (sulfide) groups is 1. The molecule has 30 heavy (non-hydrogen) atoms. The van der Waals surface area contributed by atoms with E-state index in [1.165, 1.54) is 15.9 Å². The van der Waals surface area contributed by atoms with Gasteiger partial charge in [0, 0.05) is 6.07 Å². The second-order valence-electron chi connectivity index (χ2n) is 6.47. The van der Waals surface area contributed by atoms with E-state index in [4.69, 9.17) is 0 Å². The third kappa shape index (κ3) is 4.12. The van der Waals surface area contributed by atoms with E-state index < -0.39 is 17.5 Å². The van der Waals surface area contributed by atoms with Gasteiger partial charge < -0.3 is 5.32 Å². The SMILES string of the molecule is Cc1cccc(-n2c(SCC(=O)Nc3ccc(F)cc3F)nc3ccsc3c2=O)c1. The quantitative estimate of drug-likeness (QED) is 0.357. The lowest BCUT2D eigenvalue weighted by molar-refractivity contribution is -0.113. The standard InChI is InChI=1S/C21H15F2N3O2S2/c1-12-3-2-4-14(9-12)26-20(28)19-17(7-8-29-19)25-21(26)30-11-18(27)24-16-6-5-13(22)10-15(16)23/h2-10H,11H2,1H3,(H,24,27). The maximum Gasteiger partial charge on any atom is 0.276 e. The Bertz CT molecular complexity index is 1320. The molecule has 5 nitrogen and oxygen atoms in total. The number of aryl methyl sites for hydroxylation is 1. The van der Waals surface area contributed by atoms with E-state index in [2.05, 4.69) is 10.3 Å². The van der Waals surface area contributed by atoms with Gasteiger partial charge in [0.1, 0.15) is 16.3 Å². The van der Waals surface area contributed by atoms with Crippen molar-refractivity contribution >= 4 is 44.9 Å². The first-order valence-corrected chi connectivity index (χ1v) is 10.7. The summed E-state index contributed by atoms with van der Waals surface area (Å²) in [4.78, 5) is 29.9. The molecule has 2 heterocycles. The Morgan fingerprint density at radius 3 is 2.80 bits per heavy atom. The van der Waals surface area contributed by atoms with Crippen LogP contribution in [0.5, 0.6) is 0 Å². The highest BCUT2D eigenvalue weighted by molar-refractivity contribution is 7.99.